The maximum absolute atomic E-state index is 12.2. The summed E-state index contributed by atoms with van der Waals surface area (Å²) in [4.78, 5) is 13.9. The normalized spacial score (nSPS) is 17.8. The molecule has 1 heterocycles. The molecule has 6 heteroatoms. The molecule has 2 aromatic rings. The van der Waals surface area contributed by atoms with Crippen molar-refractivity contribution in [1.29, 1.82) is 0 Å². The number of benzene rings is 2. The Morgan fingerprint density at radius 1 is 1.00 bits per heavy atom. The number of amides is 1. The molecule has 0 aliphatic carbocycles. The van der Waals surface area contributed by atoms with Gasteiger partial charge in [0.1, 0.15) is 0 Å². The molecule has 1 aliphatic rings. The molecule has 1 N–H and O–H groups in total. The molecule has 0 spiro atoms. The summed E-state index contributed by atoms with van der Waals surface area (Å²) in [5.74, 6) is 0.0963. The van der Waals surface area contributed by atoms with Crippen LogP contribution in [0.15, 0.2) is 60.7 Å². The summed E-state index contributed by atoms with van der Waals surface area (Å²) in [5.41, 5.74) is 1.86. The molecule has 1 amide bonds. The monoisotopic (exact) mass is 358 g/mol. The molecular weight excluding hydrogens is 336 g/mol. The molecule has 1 saturated heterocycles. The lowest BCUT2D eigenvalue weighted by atomic mass is 10.1. The average molecular weight is 358 g/mol. The predicted octanol–water partition coefficient (Wildman–Crippen LogP) is 2.20. The van der Waals surface area contributed by atoms with E-state index in [1.54, 1.807) is 4.90 Å². The number of carbonyl (C=O) groups excluding carboxylic acids is 1. The Morgan fingerprint density at radius 3 is 2.32 bits per heavy atom. The van der Waals surface area contributed by atoms with Crippen molar-refractivity contribution in [3.05, 3.63) is 66.2 Å². The zero-order valence-electron chi connectivity index (χ0n) is 14.0. The van der Waals surface area contributed by atoms with Crippen molar-refractivity contribution in [1.82, 2.24) is 4.72 Å². The number of hydrogen-bond donors (Lipinski definition) is 1. The Hall–Kier alpha value is -2.18. The number of rotatable bonds is 7. The number of nitrogens with zero attached hydrogens (tertiary/aromatic N) is 1. The summed E-state index contributed by atoms with van der Waals surface area (Å²) in [6.45, 7) is 0.844. The highest BCUT2D eigenvalue weighted by molar-refractivity contribution is 7.89. The molecular formula is C19H22N2O3S. The number of aryl methyl sites for hydroxylation is 1. The Morgan fingerprint density at radius 2 is 1.64 bits per heavy atom. The third-order valence-corrected chi connectivity index (χ3v) is 5.72. The molecule has 3 rings (SSSR count). The van der Waals surface area contributed by atoms with Crippen LogP contribution >= 0.6 is 0 Å². The van der Waals surface area contributed by atoms with Gasteiger partial charge in [0.05, 0.1) is 5.75 Å². The summed E-state index contributed by atoms with van der Waals surface area (Å²) in [6, 6.07) is 19.0. The second-order valence-corrected chi connectivity index (χ2v) is 8.24. The van der Waals surface area contributed by atoms with E-state index in [0.29, 0.717) is 25.9 Å². The molecule has 1 unspecified atom stereocenters. The molecule has 1 atom stereocenters. The van der Waals surface area contributed by atoms with E-state index in [4.69, 9.17) is 0 Å². The van der Waals surface area contributed by atoms with Crippen molar-refractivity contribution < 1.29 is 13.2 Å². The third kappa shape index (κ3) is 4.90. The van der Waals surface area contributed by atoms with Crippen LogP contribution in [0.4, 0.5) is 5.69 Å². The quantitative estimate of drug-likeness (QED) is 0.825. The Labute approximate surface area is 148 Å². The van der Waals surface area contributed by atoms with Crippen LogP contribution < -0.4 is 9.62 Å². The Kier molecular flexibility index (Phi) is 5.50. The van der Waals surface area contributed by atoms with Gasteiger partial charge in [-0.3, -0.25) is 4.79 Å². The second-order valence-electron chi connectivity index (χ2n) is 6.31. The van der Waals surface area contributed by atoms with Crippen LogP contribution in [0.25, 0.3) is 0 Å². The van der Waals surface area contributed by atoms with Gasteiger partial charge in [-0.2, -0.15) is 0 Å². The maximum atomic E-state index is 12.2. The van der Waals surface area contributed by atoms with Gasteiger partial charge in [0.15, 0.2) is 0 Å². The average Bonchev–Trinajstić information content (AvgIpc) is 3.01. The molecule has 0 aromatic heterocycles. The lowest BCUT2D eigenvalue weighted by molar-refractivity contribution is -0.117. The SMILES string of the molecule is O=C1CC(CNS(=O)(=O)CCc2ccccc2)CN1c1ccccc1. The van der Waals surface area contributed by atoms with Crippen LogP contribution in [-0.2, 0) is 21.2 Å². The minimum absolute atomic E-state index is 0.000735. The Balaban J connectivity index is 1.50. The molecule has 0 bridgehead atoms. The van der Waals surface area contributed by atoms with Crippen molar-refractivity contribution in [2.45, 2.75) is 12.8 Å². The predicted molar refractivity (Wildman–Crippen MR) is 98.8 cm³/mol. The standard InChI is InChI=1S/C19H22N2O3S/c22-19-13-17(15-21(19)18-9-5-2-6-10-18)14-20-25(23,24)12-11-16-7-3-1-4-8-16/h1-10,17,20H,11-15H2. The first-order valence-electron chi connectivity index (χ1n) is 8.40. The molecule has 5 nitrogen and oxygen atoms in total. The van der Waals surface area contributed by atoms with E-state index in [-0.39, 0.29) is 17.6 Å². The van der Waals surface area contributed by atoms with Crippen LogP contribution in [0.1, 0.15) is 12.0 Å². The second kappa shape index (κ2) is 7.80. The summed E-state index contributed by atoms with van der Waals surface area (Å²) >= 11 is 0. The van der Waals surface area contributed by atoms with Crippen LogP contribution in [0.3, 0.4) is 0 Å². The van der Waals surface area contributed by atoms with Gasteiger partial charge in [-0.05, 0) is 30.0 Å². The first-order valence-corrected chi connectivity index (χ1v) is 10.1. The molecule has 25 heavy (non-hydrogen) atoms. The van der Waals surface area contributed by atoms with Crippen molar-refractivity contribution >= 4 is 21.6 Å². The van der Waals surface area contributed by atoms with Crippen LogP contribution in [0.5, 0.6) is 0 Å². The maximum Gasteiger partial charge on any atom is 0.227 e. The van der Waals surface area contributed by atoms with E-state index < -0.39 is 10.0 Å². The molecule has 0 radical (unpaired) electrons. The molecule has 1 fully saturated rings. The van der Waals surface area contributed by atoms with Gasteiger partial charge in [-0.15, -0.1) is 0 Å². The first kappa shape index (κ1) is 17.6. The summed E-state index contributed by atoms with van der Waals surface area (Å²) in [7, 11) is -3.35. The molecule has 132 valence electrons. The van der Waals surface area contributed by atoms with Gasteiger partial charge in [0.25, 0.3) is 0 Å². The van der Waals surface area contributed by atoms with Crippen LogP contribution in [-0.4, -0.2) is 33.2 Å². The number of nitrogens with one attached hydrogen (secondary N) is 1. The minimum atomic E-state index is -3.35. The number of hydrogen-bond acceptors (Lipinski definition) is 3. The highest BCUT2D eigenvalue weighted by Crippen LogP contribution is 2.24. The minimum Gasteiger partial charge on any atom is -0.312 e. The van der Waals surface area contributed by atoms with Gasteiger partial charge in [0, 0.05) is 25.2 Å². The van der Waals surface area contributed by atoms with E-state index >= 15 is 0 Å². The lowest BCUT2D eigenvalue weighted by Gasteiger charge is -2.17. The van der Waals surface area contributed by atoms with Crippen molar-refractivity contribution in [3.8, 4) is 0 Å². The van der Waals surface area contributed by atoms with Crippen LogP contribution in [0.2, 0.25) is 0 Å². The van der Waals surface area contributed by atoms with Crippen molar-refractivity contribution in [2.24, 2.45) is 5.92 Å². The zero-order chi connectivity index (χ0) is 17.7. The fraction of sp³-hybridized carbons (Fsp3) is 0.316. The topological polar surface area (TPSA) is 66.5 Å². The fourth-order valence-electron chi connectivity index (χ4n) is 2.99. The highest BCUT2D eigenvalue weighted by Gasteiger charge is 2.31. The van der Waals surface area contributed by atoms with Gasteiger partial charge in [-0.1, -0.05) is 48.5 Å². The van der Waals surface area contributed by atoms with Gasteiger partial charge in [0.2, 0.25) is 15.9 Å². The van der Waals surface area contributed by atoms with Crippen molar-refractivity contribution in [3.63, 3.8) is 0 Å². The summed E-state index contributed by atoms with van der Waals surface area (Å²) < 4.78 is 27.0. The van der Waals surface area contributed by atoms with Gasteiger partial charge >= 0.3 is 0 Å². The first-order chi connectivity index (χ1) is 12.0. The highest BCUT2D eigenvalue weighted by atomic mass is 32.2. The number of sulfonamides is 1. The number of anilines is 1. The number of para-hydroxylation sites is 1. The van der Waals surface area contributed by atoms with E-state index in [0.717, 1.165) is 11.3 Å². The Bertz CT molecular complexity index is 807. The number of carbonyl (C=O) groups is 1. The summed E-state index contributed by atoms with van der Waals surface area (Å²) in [6.07, 6.45) is 0.853. The van der Waals surface area contributed by atoms with Gasteiger partial charge in [-0.25, -0.2) is 13.1 Å². The summed E-state index contributed by atoms with van der Waals surface area (Å²) in [5, 5.41) is 0. The van der Waals surface area contributed by atoms with Gasteiger partial charge < -0.3 is 4.90 Å². The lowest BCUT2D eigenvalue weighted by Crippen LogP contribution is -2.33. The molecule has 0 saturated carbocycles. The van der Waals surface area contributed by atoms with Crippen molar-refractivity contribution in [2.75, 3.05) is 23.7 Å². The van der Waals surface area contributed by atoms with E-state index in [9.17, 15) is 13.2 Å². The van der Waals surface area contributed by atoms with E-state index in [2.05, 4.69) is 4.72 Å². The third-order valence-electron chi connectivity index (χ3n) is 4.37. The smallest absolute Gasteiger partial charge is 0.227 e. The van der Waals surface area contributed by atoms with E-state index in [1.165, 1.54) is 0 Å². The largest absolute Gasteiger partial charge is 0.312 e. The molecule has 2 aromatic carbocycles. The van der Waals surface area contributed by atoms with E-state index in [1.807, 2.05) is 60.7 Å². The zero-order valence-corrected chi connectivity index (χ0v) is 14.8. The fourth-order valence-corrected chi connectivity index (χ4v) is 4.13. The molecule has 1 aliphatic heterocycles. The van der Waals surface area contributed by atoms with Crippen LogP contribution in [0, 0.1) is 5.92 Å².